The van der Waals surface area contributed by atoms with Crippen LogP contribution in [0.4, 0.5) is 5.95 Å². The lowest BCUT2D eigenvalue weighted by Crippen LogP contribution is -2.53. The zero-order valence-corrected chi connectivity index (χ0v) is 16.8. The summed E-state index contributed by atoms with van der Waals surface area (Å²) in [6.45, 7) is 10.5. The summed E-state index contributed by atoms with van der Waals surface area (Å²) in [7, 11) is 4.40. The Kier molecular flexibility index (Phi) is 6.65. The summed E-state index contributed by atoms with van der Waals surface area (Å²) in [5.74, 6) is 0.941. The number of anilines is 1. The topological polar surface area (TPSA) is 35.5 Å². The number of hydrogen-bond acceptors (Lipinski definition) is 5. The van der Waals surface area contributed by atoms with Gasteiger partial charge in [0.25, 0.3) is 0 Å². The van der Waals surface area contributed by atoms with E-state index in [-0.39, 0.29) is 0 Å². The molecule has 2 fully saturated rings. The highest BCUT2D eigenvalue weighted by molar-refractivity contribution is 5.37. The van der Waals surface area contributed by atoms with Crippen LogP contribution in [0.2, 0.25) is 0 Å². The molecule has 0 aliphatic carbocycles. The van der Waals surface area contributed by atoms with Crippen molar-refractivity contribution in [3.05, 3.63) is 30.1 Å². The van der Waals surface area contributed by atoms with Crippen LogP contribution in [0.5, 0.6) is 0 Å². The number of piperazine rings is 1. The van der Waals surface area contributed by atoms with Crippen molar-refractivity contribution in [3.8, 4) is 0 Å². The van der Waals surface area contributed by atoms with Crippen LogP contribution in [0.1, 0.15) is 44.6 Å². The molecule has 144 valence electrons. The van der Waals surface area contributed by atoms with Gasteiger partial charge >= 0.3 is 0 Å². The summed E-state index contributed by atoms with van der Waals surface area (Å²) in [5, 5.41) is 0. The fourth-order valence-corrected chi connectivity index (χ4v) is 4.48. The third-order valence-electron chi connectivity index (χ3n) is 5.63. The van der Waals surface area contributed by atoms with Gasteiger partial charge in [-0.1, -0.05) is 18.6 Å². The molecule has 5 nitrogen and oxygen atoms in total. The molecule has 3 heterocycles. The van der Waals surface area contributed by atoms with Crippen LogP contribution >= 0.6 is 0 Å². The number of aryl methyl sites for hydroxylation is 1. The van der Waals surface area contributed by atoms with Crippen molar-refractivity contribution in [1.29, 1.82) is 0 Å². The van der Waals surface area contributed by atoms with Crippen LogP contribution in [0, 0.1) is 0 Å². The summed E-state index contributed by atoms with van der Waals surface area (Å²) in [5.41, 5.74) is 2.50. The summed E-state index contributed by atoms with van der Waals surface area (Å²) in [6.07, 6.45) is 11.4. The fourth-order valence-electron chi connectivity index (χ4n) is 4.48. The Morgan fingerprint density at radius 2 is 1.81 bits per heavy atom. The first-order valence-corrected chi connectivity index (χ1v) is 10.1. The van der Waals surface area contributed by atoms with E-state index in [1.807, 2.05) is 12.4 Å². The molecule has 2 aliphatic heterocycles. The molecule has 0 amide bonds. The second kappa shape index (κ2) is 8.96. The third-order valence-corrected chi connectivity index (χ3v) is 5.63. The molecule has 0 N–H and O–H groups in total. The molecule has 0 saturated carbocycles. The van der Waals surface area contributed by atoms with Crippen LogP contribution in [0.25, 0.3) is 0 Å². The Morgan fingerprint density at radius 3 is 2.42 bits per heavy atom. The van der Waals surface area contributed by atoms with E-state index in [0.717, 1.165) is 38.5 Å². The van der Waals surface area contributed by atoms with Gasteiger partial charge in [-0.2, -0.15) is 0 Å². The van der Waals surface area contributed by atoms with Crippen LogP contribution in [-0.2, 0) is 6.42 Å². The Hall–Kier alpha value is -1.46. The molecule has 0 radical (unpaired) electrons. The van der Waals surface area contributed by atoms with Crippen molar-refractivity contribution in [2.45, 2.75) is 57.5 Å². The SMILES string of the molecule is C=C(C)CN(C)CCCCCc1cnc(N2C3CCC2CN(C)C3)nc1. The third kappa shape index (κ3) is 5.04. The second-order valence-electron chi connectivity index (χ2n) is 8.41. The summed E-state index contributed by atoms with van der Waals surface area (Å²) in [4.78, 5) is 16.7. The maximum absolute atomic E-state index is 4.71. The first-order valence-electron chi connectivity index (χ1n) is 10.1. The normalized spacial score (nSPS) is 23.0. The van der Waals surface area contributed by atoms with E-state index in [1.54, 1.807) is 0 Å². The standard InChI is InChI=1S/C21H35N5/c1-17(2)14-24(3)11-7-5-6-8-18-12-22-21(23-13-18)26-19-9-10-20(26)16-25(4)15-19/h12-13,19-20H,1,5-11,14-16H2,2-4H3. The van der Waals surface area contributed by atoms with Gasteiger partial charge < -0.3 is 14.7 Å². The Morgan fingerprint density at radius 1 is 1.15 bits per heavy atom. The van der Waals surface area contributed by atoms with E-state index in [0.29, 0.717) is 12.1 Å². The van der Waals surface area contributed by atoms with Crippen molar-refractivity contribution >= 4 is 5.95 Å². The minimum absolute atomic E-state index is 0.598. The molecule has 2 unspecified atom stereocenters. The molecule has 26 heavy (non-hydrogen) atoms. The quantitative estimate of drug-likeness (QED) is 0.501. The average Bonchev–Trinajstić information content (AvgIpc) is 2.86. The first kappa shape index (κ1) is 19.3. The minimum Gasteiger partial charge on any atom is -0.332 e. The lowest BCUT2D eigenvalue weighted by molar-refractivity contribution is 0.262. The number of rotatable bonds is 9. The lowest BCUT2D eigenvalue weighted by atomic mass is 10.1. The van der Waals surface area contributed by atoms with E-state index in [2.05, 4.69) is 42.3 Å². The molecular weight excluding hydrogens is 322 g/mol. The maximum Gasteiger partial charge on any atom is 0.225 e. The van der Waals surface area contributed by atoms with Crippen molar-refractivity contribution in [1.82, 2.24) is 19.8 Å². The summed E-state index contributed by atoms with van der Waals surface area (Å²) in [6, 6.07) is 1.20. The van der Waals surface area contributed by atoms with Gasteiger partial charge in [-0.15, -0.1) is 0 Å². The highest BCUT2D eigenvalue weighted by atomic mass is 15.4. The van der Waals surface area contributed by atoms with Gasteiger partial charge in [0.05, 0.1) is 0 Å². The van der Waals surface area contributed by atoms with E-state index in [4.69, 9.17) is 9.97 Å². The molecule has 0 spiro atoms. The molecular formula is C21H35N5. The number of fused-ring (bicyclic) bond motifs is 2. The number of nitrogens with zero attached hydrogens (tertiary/aromatic N) is 5. The largest absolute Gasteiger partial charge is 0.332 e. The molecule has 2 saturated heterocycles. The van der Waals surface area contributed by atoms with Crippen LogP contribution in [0.15, 0.2) is 24.5 Å². The zero-order valence-electron chi connectivity index (χ0n) is 16.8. The Labute approximate surface area is 159 Å². The van der Waals surface area contributed by atoms with Crippen LogP contribution in [0.3, 0.4) is 0 Å². The van der Waals surface area contributed by atoms with Crippen LogP contribution < -0.4 is 4.90 Å². The van der Waals surface area contributed by atoms with E-state index in [9.17, 15) is 0 Å². The molecule has 0 aromatic carbocycles. The van der Waals surface area contributed by atoms with Crippen molar-refractivity contribution < 1.29 is 0 Å². The number of hydrogen-bond donors (Lipinski definition) is 0. The predicted octanol–water partition coefficient (Wildman–Crippen LogP) is 2.98. The summed E-state index contributed by atoms with van der Waals surface area (Å²) < 4.78 is 0. The molecule has 3 rings (SSSR count). The zero-order chi connectivity index (χ0) is 18.5. The monoisotopic (exact) mass is 357 g/mol. The Balaban J connectivity index is 1.41. The Bertz CT molecular complexity index is 571. The van der Waals surface area contributed by atoms with Gasteiger partial charge in [0, 0.05) is 44.1 Å². The molecule has 1 aromatic heterocycles. The summed E-state index contributed by atoms with van der Waals surface area (Å²) >= 11 is 0. The highest BCUT2D eigenvalue weighted by Crippen LogP contribution is 2.32. The van der Waals surface area contributed by atoms with E-state index >= 15 is 0 Å². The maximum atomic E-state index is 4.71. The first-order chi connectivity index (χ1) is 12.5. The molecule has 5 heteroatoms. The van der Waals surface area contributed by atoms with Crippen molar-refractivity contribution in [2.75, 3.05) is 45.2 Å². The van der Waals surface area contributed by atoms with Crippen molar-refractivity contribution in [2.24, 2.45) is 0 Å². The number of unbranched alkanes of at least 4 members (excludes halogenated alkanes) is 2. The molecule has 2 bridgehead atoms. The number of likely N-dealkylation sites (N-methyl/N-ethyl adjacent to an activating group) is 2. The van der Waals surface area contributed by atoms with Gasteiger partial charge in [-0.05, 0) is 65.2 Å². The van der Waals surface area contributed by atoms with Gasteiger partial charge in [0.2, 0.25) is 5.95 Å². The molecule has 1 aromatic rings. The number of likely N-dealkylation sites (tertiary alicyclic amines) is 1. The average molecular weight is 358 g/mol. The van der Waals surface area contributed by atoms with Gasteiger partial charge in [0.1, 0.15) is 0 Å². The predicted molar refractivity (Wildman–Crippen MR) is 109 cm³/mol. The second-order valence-corrected chi connectivity index (χ2v) is 8.41. The molecule has 2 atom stereocenters. The lowest BCUT2D eigenvalue weighted by Gasteiger charge is -2.39. The fraction of sp³-hybridized carbons (Fsp3) is 0.714. The van der Waals surface area contributed by atoms with Gasteiger partial charge in [-0.3, -0.25) is 0 Å². The smallest absolute Gasteiger partial charge is 0.225 e. The van der Waals surface area contributed by atoms with Crippen molar-refractivity contribution in [3.63, 3.8) is 0 Å². The molecule has 2 aliphatic rings. The number of aromatic nitrogens is 2. The van der Waals surface area contributed by atoms with E-state index in [1.165, 1.54) is 43.2 Å². The minimum atomic E-state index is 0.598. The van der Waals surface area contributed by atoms with Gasteiger partial charge in [-0.25, -0.2) is 9.97 Å². The van der Waals surface area contributed by atoms with Crippen LogP contribution in [-0.4, -0.2) is 72.1 Å². The highest BCUT2D eigenvalue weighted by Gasteiger charge is 2.39. The van der Waals surface area contributed by atoms with E-state index < -0.39 is 0 Å². The van der Waals surface area contributed by atoms with Gasteiger partial charge in [0.15, 0.2) is 0 Å².